The summed E-state index contributed by atoms with van der Waals surface area (Å²) in [7, 11) is 0. The molecule has 6 nitrogen and oxygen atoms in total. The highest BCUT2D eigenvalue weighted by Crippen LogP contribution is 2.17. The number of nitrogens with one attached hydrogen (secondary N) is 3. The molecule has 0 spiro atoms. The van der Waals surface area contributed by atoms with Gasteiger partial charge in [0, 0.05) is 24.6 Å². The van der Waals surface area contributed by atoms with Gasteiger partial charge in [-0.3, -0.25) is 14.4 Å². The maximum Gasteiger partial charge on any atom is 0.252 e. The van der Waals surface area contributed by atoms with Crippen molar-refractivity contribution in [1.29, 1.82) is 0 Å². The van der Waals surface area contributed by atoms with Crippen molar-refractivity contribution in [1.82, 2.24) is 16.0 Å². The van der Waals surface area contributed by atoms with Crippen LogP contribution in [0.1, 0.15) is 68.3 Å². The maximum atomic E-state index is 12.6. The van der Waals surface area contributed by atoms with E-state index in [0.717, 1.165) is 18.4 Å². The first-order valence-electron chi connectivity index (χ1n) is 10.3. The molecule has 154 valence electrons. The molecule has 1 aromatic carbocycles. The van der Waals surface area contributed by atoms with Gasteiger partial charge in [-0.05, 0) is 43.7 Å². The molecule has 0 radical (unpaired) electrons. The monoisotopic (exact) mass is 387 g/mol. The Morgan fingerprint density at radius 1 is 1.11 bits per heavy atom. The van der Waals surface area contributed by atoms with Crippen molar-refractivity contribution in [3.8, 4) is 0 Å². The van der Waals surface area contributed by atoms with Crippen LogP contribution in [0, 0.1) is 12.8 Å². The Hall–Kier alpha value is -2.37. The average molecular weight is 388 g/mol. The second-order valence-electron chi connectivity index (χ2n) is 8.06. The summed E-state index contributed by atoms with van der Waals surface area (Å²) >= 11 is 0. The first-order chi connectivity index (χ1) is 13.4. The summed E-state index contributed by atoms with van der Waals surface area (Å²) < 4.78 is 0. The molecule has 0 aliphatic heterocycles. The number of benzene rings is 1. The fourth-order valence-electron chi connectivity index (χ4n) is 3.56. The van der Waals surface area contributed by atoms with E-state index in [1.807, 2.05) is 39.0 Å². The van der Waals surface area contributed by atoms with Crippen LogP contribution in [0.4, 0.5) is 0 Å². The molecule has 1 atom stereocenters. The minimum Gasteiger partial charge on any atom is -0.354 e. The molecule has 3 N–H and O–H groups in total. The Morgan fingerprint density at radius 3 is 2.43 bits per heavy atom. The van der Waals surface area contributed by atoms with Gasteiger partial charge >= 0.3 is 0 Å². The Balaban J connectivity index is 1.85. The molecule has 0 heterocycles. The first kappa shape index (κ1) is 21.9. The molecule has 0 saturated heterocycles. The lowest BCUT2D eigenvalue weighted by atomic mass is 10.0. The summed E-state index contributed by atoms with van der Waals surface area (Å²) in [5.41, 5.74) is 1.44. The molecule has 1 fully saturated rings. The minimum atomic E-state index is -0.620. The van der Waals surface area contributed by atoms with Gasteiger partial charge < -0.3 is 16.0 Å². The van der Waals surface area contributed by atoms with Crippen LogP contribution in [0.2, 0.25) is 0 Å². The van der Waals surface area contributed by atoms with Crippen molar-refractivity contribution in [2.75, 3.05) is 6.54 Å². The summed E-state index contributed by atoms with van der Waals surface area (Å²) in [5.74, 6) is -0.280. The number of aryl methyl sites for hydroxylation is 1. The predicted molar refractivity (Wildman–Crippen MR) is 110 cm³/mol. The molecule has 2 rings (SSSR count). The van der Waals surface area contributed by atoms with Crippen LogP contribution >= 0.6 is 0 Å². The Morgan fingerprint density at radius 2 is 1.79 bits per heavy atom. The summed E-state index contributed by atoms with van der Waals surface area (Å²) in [6.45, 7) is 6.16. The standard InChI is InChI=1S/C22H33N3O3/c1-15(2)14-19(25-21(27)18-11-7-4-8-16(18)3)22(28)23-13-12-20(26)24-17-9-5-6-10-17/h4,7-8,11,15,17,19H,5-6,9-10,12-14H2,1-3H3,(H,23,28)(H,24,26)(H,25,27). The minimum absolute atomic E-state index is 0.0310. The molecule has 0 bridgehead atoms. The molecular formula is C22H33N3O3. The summed E-state index contributed by atoms with van der Waals surface area (Å²) in [5, 5.41) is 8.67. The molecule has 28 heavy (non-hydrogen) atoms. The number of rotatable bonds is 9. The molecule has 1 aliphatic rings. The van der Waals surface area contributed by atoms with Gasteiger partial charge in [-0.15, -0.1) is 0 Å². The van der Waals surface area contributed by atoms with Gasteiger partial charge in [0.15, 0.2) is 0 Å². The van der Waals surface area contributed by atoms with E-state index in [-0.39, 0.29) is 42.6 Å². The fourth-order valence-corrected chi connectivity index (χ4v) is 3.56. The van der Waals surface area contributed by atoms with Crippen molar-refractivity contribution >= 4 is 17.7 Å². The van der Waals surface area contributed by atoms with E-state index >= 15 is 0 Å². The first-order valence-corrected chi connectivity index (χ1v) is 10.3. The second kappa shape index (κ2) is 10.8. The van der Waals surface area contributed by atoms with Crippen LogP contribution in [0.15, 0.2) is 24.3 Å². The van der Waals surface area contributed by atoms with Crippen LogP contribution < -0.4 is 16.0 Å². The topological polar surface area (TPSA) is 87.3 Å². The third kappa shape index (κ3) is 6.98. The van der Waals surface area contributed by atoms with E-state index < -0.39 is 6.04 Å². The highest BCUT2D eigenvalue weighted by atomic mass is 16.2. The number of hydrogen-bond donors (Lipinski definition) is 3. The zero-order chi connectivity index (χ0) is 20.5. The second-order valence-corrected chi connectivity index (χ2v) is 8.06. The number of carbonyl (C=O) groups is 3. The Labute approximate surface area is 167 Å². The van der Waals surface area contributed by atoms with Crippen molar-refractivity contribution in [3.63, 3.8) is 0 Å². The SMILES string of the molecule is Cc1ccccc1C(=O)NC(CC(C)C)C(=O)NCCC(=O)NC1CCCC1. The van der Waals surface area contributed by atoms with E-state index in [1.165, 1.54) is 12.8 Å². The van der Waals surface area contributed by atoms with E-state index in [4.69, 9.17) is 0 Å². The van der Waals surface area contributed by atoms with Gasteiger partial charge in [-0.1, -0.05) is 44.9 Å². The summed E-state index contributed by atoms with van der Waals surface area (Å²) in [6.07, 6.45) is 5.21. The van der Waals surface area contributed by atoms with Gasteiger partial charge in [-0.2, -0.15) is 0 Å². The Kier molecular flexibility index (Phi) is 8.48. The quantitative estimate of drug-likeness (QED) is 0.609. The highest BCUT2D eigenvalue weighted by molar-refractivity contribution is 5.98. The van der Waals surface area contributed by atoms with E-state index in [9.17, 15) is 14.4 Å². The zero-order valence-electron chi connectivity index (χ0n) is 17.2. The van der Waals surface area contributed by atoms with Crippen LogP contribution in [0.25, 0.3) is 0 Å². The lowest BCUT2D eigenvalue weighted by molar-refractivity contribution is -0.124. The van der Waals surface area contributed by atoms with Crippen molar-refractivity contribution < 1.29 is 14.4 Å². The Bertz CT molecular complexity index is 681. The van der Waals surface area contributed by atoms with Crippen molar-refractivity contribution in [3.05, 3.63) is 35.4 Å². The van der Waals surface area contributed by atoms with Gasteiger partial charge in [0.2, 0.25) is 11.8 Å². The smallest absolute Gasteiger partial charge is 0.252 e. The zero-order valence-corrected chi connectivity index (χ0v) is 17.2. The van der Waals surface area contributed by atoms with Crippen LogP contribution in [-0.4, -0.2) is 36.3 Å². The lowest BCUT2D eigenvalue weighted by Gasteiger charge is -2.21. The summed E-state index contributed by atoms with van der Waals surface area (Å²) in [6, 6.07) is 6.97. The highest BCUT2D eigenvalue weighted by Gasteiger charge is 2.23. The molecule has 6 heteroatoms. The normalized spacial score (nSPS) is 15.3. The molecular weight excluding hydrogens is 354 g/mol. The van der Waals surface area contributed by atoms with Gasteiger partial charge in [0.05, 0.1) is 0 Å². The van der Waals surface area contributed by atoms with Crippen LogP contribution in [0.3, 0.4) is 0 Å². The van der Waals surface area contributed by atoms with Crippen molar-refractivity contribution in [2.24, 2.45) is 5.92 Å². The average Bonchev–Trinajstić information content (AvgIpc) is 3.13. The molecule has 3 amide bonds. The molecule has 1 aliphatic carbocycles. The van der Waals surface area contributed by atoms with Gasteiger partial charge in [-0.25, -0.2) is 0 Å². The van der Waals surface area contributed by atoms with Crippen LogP contribution in [-0.2, 0) is 9.59 Å². The van der Waals surface area contributed by atoms with Gasteiger partial charge in [0.25, 0.3) is 5.91 Å². The van der Waals surface area contributed by atoms with Crippen molar-refractivity contribution in [2.45, 2.75) is 71.4 Å². The van der Waals surface area contributed by atoms with Gasteiger partial charge in [0.1, 0.15) is 6.04 Å². The molecule has 1 saturated carbocycles. The largest absolute Gasteiger partial charge is 0.354 e. The number of amides is 3. The third-order valence-electron chi connectivity index (χ3n) is 5.09. The number of hydrogen-bond acceptors (Lipinski definition) is 3. The molecule has 1 unspecified atom stereocenters. The molecule has 1 aromatic rings. The third-order valence-corrected chi connectivity index (χ3v) is 5.09. The van der Waals surface area contributed by atoms with E-state index in [2.05, 4.69) is 16.0 Å². The summed E-state index contributed by atoms with van der Waals surface area (Å²) in [4.78, 5) is 37.2. The molecule has 0 aromatic heterocycles. The fraction of sp³-hybridized carbons (Fsp3) is 0.591. The van der Waals surface area contributed by atoms with Crippen LogP contribution in [0.5, 0.6) is 0 Å². The van der Waals surface area contributed by atoms with E-state index in [0.29, 0.717) is 12.0 Å². The predicted octanol–water partition coefficient (Wildman–Crippen LogP) is 2.70. The lowest BCUT2D eigenvalue weighted by Crippen LogP contribution is -2.48. The maximum absolute atomic E-state index is 12.6. The number of carbonyl (C=O) groups excluding carboxylic acids is 3. The van der Waals surface area contributed by atoms with E-state index in [1.54, 1.807) is 6.07 Å².